The number of ketones is 1. The van der Waals surface area contributed by atoms with Gasteiger partial charge in [-0.3, -0.25) is 14.5 Å². The van der Waals surface area contributed by atoms with Gasteiger partial charge in [0.1, 0.15) is 0 Å². The second kappa shape index (κ2) is 7.87. The zero-order valence-electron chi connectivity index (χ0n) is 13.9. The van der Waals surface area contributed by atoms with Gasteiger partial charge >= 0.3 is 5.97 Å². The number of rotatable bonds is 6. The number of benzene rings is 1. The maximum atomic E-state index is 12.6. The SMILES string of the molecule is CCOC(=O)CN1CCN(S(=O)(=O)c2ccc(C(C)=O)cc2)CC1. The van der Waals surface area contributed by atoms with Crippen molar-refractivity contribution in [1.29, 1.82) is 0 Å². The minimum absolute atomic E-state index is 0.105. The van der Waals surface area contributed by atoms with E-state index in [4.69, 9.17) is 4.74 Å². The van der Waals surface area contributed by atoms with Crippen LogP contribution in [0, 0.1) is 0 Å². The average Bonchev–Trinajstić information content (AvgIpc) is 2.55. The molecule has 8 heteroatoms. The van der Waals surface area contributed by atoms with Crippen molar-refractivity contribution in [3.63, 3.8) is 0 Å². The number of sulfonamides is 1. The summed E-state index contributed by atoms with van der Waals surface area (Å²) in [7, 11) is -3.59. The quantitative estimate of drug-likeness (QED) is 0.554. The first-order valence-electron chi connectivity index (χ1n) is 7.83. The van der Waals surface area contributed by atoms with E-state index in [0.29, 0.717) is 38.3 Å². The first kappa shape index (κ1) is 18.6. The minimum atomic E-state index is -3.59. The Morgan fingerprint density at radius 1 is 1.08 bits per heavy atom. The molecular formula is C16H22N2O5S. The molecule has 2 rings (SSSR count). The predicted octanol–water partition coefficient (Wildman–Crippen LogP) is 0.759. The molecule has 0 atom stereocenters. The number of piperazine rings is 1. The third kappa shape index (κ3) is 4.40. The van der Waals surface area contributed by atoms with Crippen LogP contribution in [0.1, 0.15) is 24.2 Å². The molecular weight excluding hydrogens is 332 g/mol. The lowest BCUT2D eigenvalue weighted by atomic mass is 10.2. The van der Waals surface area contributed by atoms with Crippen molar-refractivity contribution in [2.75, 3.05) is 39.3 Å². The Labute approximate surface area is 142 Å². The van der Waals surface area contributed by atoms with Crippen molar-refractivity contribution >= 4 is 21.8 Å². The average molecular weight is 354 g/mol. The summed E-state index contributed by atoms with van der Waals surface area (Å²) >= 11 is 0. The predicted molar refractivity (Wildman–Crippen MR) is 88.3 cm³/mol. The van der Waals surface area contributed by atoms with E-state index in [1.165, 1.54) is 35.5 Å². The summed E-state index contributed by atoms with van der Waals surface area (Å²) in [5.41, 5.74) is 0.480. The van der Waals surface area contributed by atoms with Crippen LogP contribution in [0.4, 0.5) is 0 Å². The number of hydrogen-bond donors (Lipinski definition) is 0. The first-order valence-corrected chi connectivity index (χ1v) is 9.27. The molecule has 1 aliphatic rings. The van der Waals surface area contributed by atoms with Gasteiger partial charge in [0.2, 0.25) is 10.0 Å². The molecule has 1 aromatic rings. The van der Waals surface area contributed by atoms with Gasteiger partial charge in [-0.15, -0.1) is 0 Å². The van der Waals surface area contributed by atoms with Crippen LogP contribution in [-0.2, 0) is 19.6 Å². The molecule has 1 aliphatic heterocycles. The Bertz CT molecular complexity index is 692. The monoisotopic (exact) mass is 354 g/mol. The topological polar surface area (TPSA) is 84.0 Å². The standard InChI is InChI=1S/C16H22N2O5S/c1-3-23-16(20)12-17-8-10-18(11-9-17)24(21,22)15-6-4-14(5-7-15)13(2)19/h4-7H,3,8-12H2,1-2H3. The van der Waals surface area contributed by atoms with E-state index in [0.717, 1.165) is 0 Å². The lowest BCUT2D eigenvalue weighted by Crippen LogP contribution is -2.49. The van der Waals surface area contributed by atoms with E-state index in [1.54, 1.807) is 6.92 Å². The number of ether oxygens (including phenoxy) is 1. The number of hydrogen-bond acceptors (Lipinski definition) is 6. The second-order valence-electron chi connectivity index (χ2n) is 5.57. The van der Waals surface area contributed by atoms with Crippen LogP contribution in [0.15, 0.2) is 29.2 Å². The number of esters is 1. The highest BCUT2D eigenvalue weighted by Gasteiger charge is 2.29. The fraction of sp³-hybridized carbons (Fsp3) is 0.500. The third-order valence-electron chi connectivity index (χ3n) is 3.89. The van der Waals surface area contributed by atoms with Crippen LogP contribution in [0.5, 0.6) is 0 Å². The second-order valence-corrected chi connectivity index (χ2v) is 7.50. The molecule has 0 bridgehead atoms. The summed E-state index contributed by atoms with van der Waals surface area (Å²) in [6.45, 7) is 5.28. The molecule has 0 saturated carbocycles. The van der Waals surface area contributed by atoms with Gasteiger partial charge in [0.05, 0.1) is 18.0 Å². The van der Waals surface area contributed by atoms with Crippen LogP contribution < -0.4 is 0 Å². The summed E-state index contributed by atoms with van der Waals surface area (Å²) in [4.78, 5) is 24.8. The van der Waals surface area contributed by atoms with Gasteiger partial charge in [-0.25, -0.2) is 8.42 Å². The van der Waals surface area contributed by atoms with Crippen molar-refractivity contribution in [3.05, 3.63) is 29.8 Å². The molecule has 0 aliphatic carbocycles. The Kier molecular flexibility index (Phi) is 6.09. The summed E-state index contributed by atoms with van der Waals surface area (Å²) in [5, 5.41) is 0. The Balaban J connectivity index is 1.99. The van der Waals surface area contributed by atoms with Crippen LogP contribution in [0.2, 0.25) is 0 Å². The molecule has 24 heavy (non-hydrogen) atoms. The number of Topliss-reactive ketones (excluding diaryl/α,β-unsaturated/α-hetero) is 1. The molecule has 1 heterocycles. The first-order chi connectivity index (χ1) is 11.3. The normalized spacial score (nSPS) is 16.8. The van der Waals surface area contributed by atoms with Crippen LogP contribution in [-0.4, -0.2) is 68.7 Å². The van der Waals surface area contributed by atoms with Gasteiger partial charge in [-0.2, -0.15) is 4.31 Å². The van der Waals surface area contributed by atoms with Crippen molar-refractivity contribution < 1.29 is 22.7 Å². The Hall–Kier alpha value is -1.77. The van der Waals surface area contributed by atoms with E-state index in [9.17, 15) is 18.0 Å². The van der Waals surface area contributed by atoms with Gasteiger partial charge in [-0.1, -0.05) is 12.1 Å². The van der Waals surface area contributed by atoms with E-state index >= 15 is 0 Å². The fourth-order valence-corrected chi connectivity index (χ4v) is 3.95. The fourth-order valence-electron chi connectivity index (χ4n) is 2.53. The van der Waals surface area contributed by atoms with E-state index in [1.807, 2.05) is 4.90 Å². The minimum Gasteiger partial charge on any atom is -0.465 e. The van der Waals surface area contributed by atoms with Gasteiger partial charge < -0.3 is 4.74 Å². The summed E-state index contributed by atoms with van der Waals surface area (Å²) in [5.74, 6) is -0.403. The molecule has 132 valence electrons. The highest BCUT2D eigenvalue weighted by atomic mass is 32.2. The maximum absolute atomic E-state index is 12.6. The zero-order chi connectivity index (χ0) is 17.7. The molecule has 0 radical (unpaired) electrons. The van der Waals surface area contributed by atoms with Gasteiger partial charge in [0.25, 0.3) is 0 Å². The van der Waals surface area contributed by atoms with Crippen molar-refractivity contribution in [2.45, 2.75) is 18.7 Å². The van der Waals surface area contributed by atoms with Gasteiger partial charge in [-0.05, 0) is 26.0 Å². The molecule has 0 aromatic heterocycles. The van der Waals surface area contributed by atoms with E-state index < -0.39 is 10.0 Å². The van der Waals surface area contributed by atoms with E-state index in [-0.39, 0.29) is 23.2 Å². The molecule has 1 aromatic carbocycles. The summed E-state index contributed by atoms with van der Waals surface area (Å²) in [6, 6.07) is 5.95. The summed E-state index contributed by atoms with van der Waals surface area (Å²) in [6.07, 6.45) is 0. The number of carbonyl (C=O) groups is 2. The van der Waals surface area contributed by atoms with E-state index in [2.05, 4.69) is 0 Å². The number of carbonyl (C=O) groups excluding carboxylic acids is 2. The van der Waals surface area contributed by atoms with Crippen LogP contribution in [0.25, 0.3) is 0 Å². The lowest BCUT2D eigenvalue weighted by molar-refractivity contribution is -0.144. The highest BCUT2D eigenvalue weighted by molar-refractivity contribution is 7.89. The van der Waals surface area contributed by atoms with Crippen molar-refractivity contribution in [1.82, 2.24) is 9.21 Å². The van der Waals surface area contributed by atoms with Gasteiger partial charge in [0.15, 0.2) is 5.78 Å². The molecule has 0 spiro atoms. The molecule has 1 fully saturated rings. The molecule has 1 saturated heterocycles. The van der Waals surface area contributed by atoms with Crippen molar-refractivity contribution in [2.24, 2.45) is 0 Å². The maximum Gasteiger partial charge on any atom is 0.320 e. The molecule has 0 unspecified atom stereocenters. The highest BCUT2D eigenvalue weighted by Crippen LogP contribution is 2.18. The molecule has 0 N–H and O–H groups in total. The largest absolute Gasteiger partial charge is 0.465 e. The lowest BCUT2D eigenvalue weighted by Gasteiger charge is -2.33. The summed E-state index contributed by atoms with van der Waals surface area (Å²) < 4.78 is 31.6. The van der Waals surface area contributed by atoms with Gasteiger partial charge in [0, 0.05) is 31.7 Å². The zero-order valence-corrected chi connectivity index (χ0v) is 14.7. The molecule has 7 nitrogen and oxygen atoms in total. The van der Waals surface area contributed by atoms with Crippen molar-refractivity contribution in [3.8, 4) is 0 Å². The van der Waals surface area contributed by atoms with Crippen LogP contribution >= 0.6 is 0 Å². The third-order valence-corrected chi connectivity index (χ3v) is 5.80. The Morgan fingerprint density at radius 2 is 1.67 bits per heavy atom. The smallest absolute Gasteiger partial charge is 0.320 e. The van der Waals surface area contributed by atoms with Crippen LogP contribution in [0.3, 0.4) is 0 Å². The molecule has 0 amide bonds. The Morgan fingerprint density at radius 3 is 2.17 bits per heavy atom. The number of nitrogens with zero attached hydrogens (tertiary/aromatic N) is 2.